The van der Waals surface area contributed by atoms with Gasteiger partial charge in [0.15, 0.2) is 0 Å². The predicted octanol–water partition coefficient (Wildman–Crippen LogP) is 1.84. The molecule has 16 heavy (non-hydrogen) atoms. The second-order valence-electron chi connectivity index (χ2n) is 4.75. The summed E-state index contributed by atoms with van der Waals surface area (Å²) in [6.07, 6.45) is 2.98. The smallest absolute Gasteiger partial charge is 0.414 e. The van der Waals surface area contributed by atoms with Gasteiger partial charge in [0.25, 0.3) is 0 Å². The Hall–Kier alpha value is -1.52. The lowest BCUT2D eigenvalue weighted by Crippen LogP contribution is -2.37. The van der Waals surface area contributed by atoms with Crippen molar-refractivity contribution in [3.63, 3.8) is 0 Å². The Morgan fingerprint density at radius 2 is 2.06 bits per heavy atom. The van der Waals surface area contributed by atoms with Gasteiger partial charge in [0.1, 0.15) is 5.60 Å². The van der Waals surface area contributed by atoms with E-state index in [1.165, 1.54) is 17.2 Å². The average Bonchev–Trinajstić information content (AvgIpc) is 2.15. The van der Waals surface area contributed by atoms with E-state index in [1.807, 2.05) is 0 Å². The van der Waals surface area contributed by atoms with Crippen molar-refractivity contribution in [1.29, 1.82) is 0 Å². The molecule has 5 nitrogen and oxygen atoms in total. The molecule has 1 N–H and O–H groups in total. The number of carbonyl (C=O) groups excluding carboxylic acids is 1. The first-order chi connectivity index (χ1) is 7.29. The topological polar surface area (TPSA) is 66.8 Å². The fourth-order valence-corrected chi connectivity index (χ4v) is 1.34. The zero-order chi connectivity index (χ0) is 12.3. The van der Waals surface area contributed by atoms with Gasteiger partial charge >= 0.3 is 12.1 Å². The number of amides is 1. The van der Waals surface area contributed by atoms with Crippen LogP contribution in [-0.4, -0.2) is 34.2 Å². The fourth-order valence-electron chi connectivity index (χ4n) is 1.34. The molecule has 0 bridgehead atoms. The second-order valence-corrected chi connectivity index (χ2v) is 4.75. The molecule has 5 heteroatoms. The van der Waals surface area contributed by atoms with Crippen molar-refractivity contribution in [3.05, 3.63) is 12.3 Å². The van der Waals surface area contributed by atoms with E-state index in [-0.39, 0.29) is 0 Å². The van der Waals surface area contributed by atoms with E-state index in [0.717, 1.165) is 0 Å². The Morgan fingerprint density at radius 3 is 2.44 bits per heavy atom. The van der Waals surface area contributed by atoms with Crippen LogP contribution >= 0.6 is 0 Å². The summed E-state index contributed by atoms with van der Waals surface area (Å²) in [5.74, 6) is -1.36. The molecule has 0 saturated carbocycles. The summed E-state index contributed by atoms with van der Waals surface area (Å²) in [4.78, 5) is 23.7. The Kier molecular flexibility index (Phi) is 3.57. The molecule has 1 rings (SSSR count). The number of aliphatic carboxylic acids is 1. The summed E-state index contributed by atoms with van der Waals surface area (Å²) in [5.41, 5.74) is -0.533. The Balaban J connectivity index is 2.56. The standard InChI is InChI=1S/C11H17NO4/c1-11(2,3)16-10(15)12-6-4-8(5-7-12)9(13)14/h4,6,8H,5,7H2,1-3H3,(H,13,14). The molecular weight excluding hydrogens is 210 g/mol. The van der Waals surface area contributed by atoms with Crippen LogP contribution in [0.3, 0.4) is 0 Å². The highest BCUT2D eigenvalue weighted by molar-refractivity contribution is 5.74. The van der Waals surface area contributed by atoms with Gasteiger partial charge in [-0.05, 0) is 27.2 Å². The minimum Gasteiger partial charge on any atom is -0.481 e. The summed E-state index contributed by atoms with van der Waals surface area (Å²) in [6.45, 7) is 5.75. The molecule has 0 aromatic rings. The Morgan fingerprint density at radius 1 is 1.44 bits per heavy atom. The number of nitrogens with zero attached hydrogens (tertiary/aromatic N) is 1. The normalized spacial score (nSPS) is 20.7. The number of ether oxygens (including phenoxy) is 1. The van der Waals surface area contributed by atoms with Crippen LogP contribution in [0.25, 0.3) is 0 Å². The van der Waals surface area contributed by atoms with Crippen molar-refractivity contribution in [1.82, 2.24) is 4.90 Å². The van der Waals surface area contributed by atoms with Crippen LogP contribution in [-0.2, 0) is 9.53 Å². The number of rotatable bonds is 1. The minimum absolute atomic E-state index is 0.377. The van der Waals surface area contributed by atoms with Gasteiger partial charge in [0.05, 0.1) is 5.92 Å². The lowest BCUT2D eigenvalue weighted by molar-refractivity contribution is -0.140. The van der Waals surface area contributed by atoms with Crippen molar-refractivity contribution < 1.29 is 19.4 Å². The molecule has 0 saturated heterocycles. The summed E-state index contributed by atoms with van der Waals surface area (Å²) in [7, 11) is 0. The summed E-state index contributed by atoms with van der Waals surface area (Å²) in [5, 5.41) is 8.76. The van der Waals surface area contributed by atoms with Gasteiger partial charge in [0.2, 0.25) is 0 Å². The van der Waals surface area contributed by atoms with Gasteiger partial charge in [-0.2, -0.15) is 0 Å². The zero-order valence-corrected chi connectivity index (χ0v) is 9.77. The van der Waals surface area contributed by atoms with E-state index in [4.69, 9.17) is 9.84 Å². The summed E-state index contributed by atoms with van der Waals surface area (Å²) >= 11 is 0. The third kappa shape index (κ3) is 3.56. The maximum atomic E-state index is 11.6. The highest BCUT2D eigenvalue weighted by Crippen LogP contribution is 2.17. The van der Waals surface area contributed by atoms with E-state index in [1.54, 1.807) is 20.8 Å². The highest BCUT2D eigenvalue weighted by Gasteiger charge is 2.25. The Bertz CT molecular complexity index is 316. The SMILES string of the molecule is CC(C)(C)OC(=O)N1C=CC(C(=O)O)CC1. The number of hydrogen-bond acceptors (Lipinski definition) is 3. The monoisotopic (exact) mass is 227 g/mol. The van der Waals surface area contributed by atoms with Crippen molar-refractivity contribution in [2.75, 3.05) is 6.54 Å². The third-order valence-electron chi connectivity index (χ3n) is 2.12. The van der Waals surface area contributed by atoms with Gasteiger partial charge in [-0.15, -0.1) is 0 Å². The molecule has 1 heterocycles. The largest absolute Gasteiger partial charge is 0.481 e. The van der Waals surface area contributed by atoms with Crippen molar-refractivity contribution in [3.8, 4) is 0 Å². The summed E-state index contributed by atoms with van der Waals surface area (Å²) in [6, 6.07) is 0. The molecule has 1 amide bonds. The summed E-state index contributed by atoms with van der Waals surface area (Å²) < 4.78 is 5.16. The van der Waals surface area contributed by atoms with Crippen LogP contribution in [0.1, 0.15) is 27.2 Å². The highest BCUT2D eigenvalue weighted by atomic mass is 16.6. The van der Waals surface area contributed by atoms with E-state index in [2.05, 4.69) is 0 Å². The van der Waals surface area contributed by atoms with E-state index < -0.39 is 23.6 Å². The molecule has 1 unspecified atom stereocenters. The molecule has 1 aliphatic heterocycles. The van der Waals surface area contributed by atoms with Crippen molar-refractivity contribution in [2.24, 2.45) is 5.92 Å². The number of carbonyl (C=O) groups is 2. The molecule has 0 radical (unpaired) electrons. The van der Waals surface area contributed by atoms with Gasteiger partial charge in [-0.1, -0.05) is 6.08 Å². The van der Waals surface area contributed by atoms with Gasteiger partial charge in [-0.3, -0.25) is 9.69 Å². The maximum Gasteiger partial charge on any atom is 0.414 e. The Labute approximate surface area is 94.7 Å². The van der Waals surface area contributed by atoms with Crippen LogP contribution in [0, 0.1) is 5.92 Å². The quantitative estimate of drug-likeness (QED) is 0.742. The van der Waals surface area contributed by atoms with Gasteiger partial charge in [-0.25, -0.2) is 4.79 Å². The molecular formula is C11H17NO4. The first kappa shape index (κ1) is 12.5. The number of hydrogen-bond donors (Lipinski definition) is 1. The van der Waals surface area contributed by atoms with Crippen LogP contribution in [0.15, 0.2) is 12.3 Å². The minimum atomic E-state index is -0.861. The van der Waals surface area contributed by atoms with E-state index >= 15 is 0 Å². The van der Waals surface area contributed by atoms with E-state index in [0.29, 0.717) is 13.0 Å². The lowest BCUT2D eigenvalue weighted by atomic mass is 10.0. The predicted molar refractivity (Wildman–Crippen MR) is 57.8 cm³/mol. The van der Waals surface area contributed by atoms with Gasteiger partial charge in [0, 0.05) is 12.7 Å². The molecule has 0 spiro atoms. The zero-order valence-electron chi connectivity index (χ0n) is 9.77. The lowest BCUT2D eigenvalue weighted by Gasteiger charge is -2.27. The molecule has 0 aromatic heterocycles. The van der Waals surface area contributed by atoms with Crippen molar-refractivity contribution >= 4 is 12.1 Å². The van der Waals surface area contributed by atoms with Crippen LogP contribution in [0.4, 0.5) is 4.79 Å². The van der Waals surface area contributed by atoms with Gasteiger partial charge < -0.3 is 9.84 Å². The van der Waals surface area contributed by atoms with Crippen LogP contribution in [0.5, 0.6) is 0 Å². The molecule has 0 fully saturated rings. The average molecular weight is 227 g/mol. The maximum absolute atomic E-state index is 11.6. The first-order valence-corrected chi connectivity index (χ1v) is 5.20. The molecule has 1 atom stereocenters. The first-order valence-electron chi connectivity index (χ1n) is 5.20. The number of carboxylic acid groups (broad SMARTS) is 1. The molecule has 0 aliphatic carbocycles. The number of carboxylic acids is 1. The third-order valence-corrected chi connectivity index (χ3v) is 2.12. The van der Waals surface area contributed by atoms with Crippen LogP contribution < -0.4 is 0 Å². The second kappa shape index (κ2) is 4.55. The fraction of sp³-hybridized carbons (Fsp3) is 0.636. The van der Waals surface area contributed by atoms with Crippen LogP contribution in [0.2, 0.25) is 0 Å². The molecule has 1 aliphatic rings. The van der Waals surface area contributed by atoms with Crippen molar-refractivity contribution in [2.45, 2.75) is 32.8 Å². The van der Waals surface area contributed by atoms with E-state index in [9.17, 15) is 9.59 Å². The molecule has 90 valence electrons. The molecule has 0 aromatic carbocycles.